The molecule has 1 aromatic carbocycles. The van der Waals surface area contributed by atoms with Crippen LogP contribution in [-0.4, -0.2) is 95.2 Å². The molecule has 0 radical (unpaired) electrons. The molecule has 0 heterocycles. The summed E-state index contributed by atoms with van der Waals surface area (Å²) < 4.78 is 0. The molecule has 272 valence electrons. The highest BCUT2D eigenvalue weighted by Crippen LogP contribution is 2.18. The summed E-state index contributed by atoms with van der Waals surface area (Å²) in [5.41, 5.74) is 33.1. The van der Waals surface area contributed by atoms with Crippen LogP contribution in [0.5, 0.6) is 0 Å². The molecule has 0 fully saturated rings. The van der Waals surface area contributed by atoms with Crippen molar-refractivity contribution in [2.45, 2.75) is 75.9 Å². The van der Waals surface area contributed by atoms with Crippen molar-refractivity contribution in [3.63, 3.8) is 0 Å². The molecule has 0 saturated heterocycles. The van der Waals surface area contributed by atoms with E-state index in [9.17, 15) is 39.0 Å². The van der Waals surface area contributed by atoms with Crippen LogP contribution in [0.3, 0.4) is 0 Å². The zero-order chi connectivity index (χ0) is 36.9. The molecular weight excluding hydrogens is 640 g/mol. The van der Waals surface area contributed by atoms with Gasteiger partial charge in [0.1, 0.15) is 6.04 Å². The summed E-state index contributed by atoms with van der Waals surface area (Å²) >= 11 is 0. The molecule has 0 aromatic heterocycles. The molecule has 0 spiro atoms. The second kappa shape index (κ2) is 22.5. The number of nitrogens with zero attached hydrogens (tertiary/aromatic N) is 2. The molecule has 49 heavy (non-hydrogen) atoms. The Labute approximate surface area is 284 Å². The van der Waals surface area contributed by atoms with Gasteiger partial charge in [-0.1, -0.05) is 30.3 Å². The fourth-order valence-electron chi connectivity index (χ4n) is 4.83. The van der Waals surface area contributed by atoms with Crippen LogP contribution in [0.15, 0.2) is 40.3 Å². The van der Waals surface area contributed by atoms with Crippen LogP contribution in [0, 0.1) is 11.8 Å². The van der Waals surface area contributed by atoms with Gasteiger partial charge >= 0.3 is 5.97 Å². The molecule has 5 atom stereocenters. The highest BCUT2D eigenvalue weighted by Gasteiger charge is 2.32. The summed E-state index contributed by atoms with van der Waals surface area (Å²) in [5.74, 6) is -7.08. The van der Waals surface area contributed by atoms with Gasteiger partial charge in [-0.2, -0.15) is 0 Å². The lowest BCUT2D eigenvalue weighted by Gasteiger charge is -2.24. The highest BCUT2D eigenvalue weighted by atomic mass is 16.4. The Hall–Kier alpha value is -5.10. The number of nitrogens with one attached hydrogen (secondary N) is 2. The average molecular weight is 691 g/mol. The number of aliphatic hydroxyl groups is 1. The third-order valence-electron chi connectivity index (χ3n) is 7.52. The van der Waals surface area contributed by atoms with Gasteiger partial charge in [-0.15, -0.1) is 0 Å². The number of aliphatic carboxylic acids is 1. The molecule has 0 aliphatic heterocycles. The van der Waals surface area contributed by atoms with Gasteiger partial charge < -0.3 is 55.2 Å². The maximum absolute atomic E-state index is 13.7. The molecule has 0 aliphatic rings. The molecule has 18 heteroatoms. The summed E-state index contributed by atoms with van der Waals surface area (Å²) in [4.78, 5) is 83.8. The van der Waals surface area contributed by atoms with E-state index in [-0.39, 0.29) is 76.4 Å². The Morgan fingerprint density at radius 2 is 1.24 bits per heavy atom. The molecule has 16 N–H and O–H groups in total. The number of nitrogens with two attached hydrogens (primary N) is 6. The molecule has 0 saturated carbocycles. The first-order valence-electron chi connectivity index (χ1n) is 15.8. The number of carboxylic acid groups (broad SMARTS) is 1. The average Bonchev–Trinajstić information content (AvgIpc) is 3.04. The predicted molar refractivity (Wildman–Crippen MR) is 181 cm³/mol. The number of aliphatic imine (C=N–C) groups is 2. The number of rotatable bonds is 25. The van der Waals surface area contributed by atoms with Crippen molar-refractivity contribution >= 4 is 47.2 Å². The number of primary amides is 1. The second-order valence-corrected chi connectivity index (χ2v) is 11.6. The number of benzene rings is 1. The lowest BCUT2D eigenvalue weighted by atomic mass is 9.89. The number of hydrogen-bond donors (Lipinski definition) is 10. The van der Waals surface area contributed by atoms with Crippen LogP contribution in [-0.2, 0) is 35.2 Å². The molecule has 0 bridgehead atoms. The van der Waals surface area contributed by atoms with E-state index in [0.29, 0.717) is 5.56 Å². The number of carbonyl (C=O) groups is 6. The van der Waals surface area contributed by atoms with Gasteiger partial charge in [0.2, 0.25) is 17.7 Å². The van der Waals surface area contributed by atoms with Gasteiger partial charge in [0.25, 0.3) is 0 Å². The SMILES string of the molecule is NC(=O)CCC(N)C(=O)N[C@@H](CCCN=C(N)N)C(=O)C[C@@H](Cc1ccccc1)C(=O)N[C@@H](CO)C(=O)C[C@@H](CCCN=C(N)N)C(=O)O. The number of Topliss-reactive ketones (excluding diaryl/α,β-unsaturated/α-hetero) is 2. The quantitative estimate of drug-likeness (QED) is 0.0280. The number of guanidine groups is 2. The van der Waals surface area contributed by atoms with Crippen LogP contribution >= 0.6 is 0 Å². The Bertz CT molecular complexity index is 1320. The first kappa shape index (κ1) is 41.9. The van der Waals surface area contributed by atoms with Gasteiger partial charge in [0.15, 0.2) is 23.5 Å². The first-order valence-corrected chi connectivity index (χ1v) is 15.8. The van der Waals surface area contributed by atoms with Gasteiger partial charge in [0.05, 0.1) is 24.6 Å². The highest BCUT2D eigenvalue weighted by molar-refractivity contribution is 5.95. The summed E-state index contributed by atoms with van der Waals surface area (Å²) in [5, 5.41) is 24.7. The minimum Gasteiger partial charge on any atom is -0.481 e. The number of hydrogen-bond acceptors (Lipinski definition) is 10. The number of carbonyl (C=O) groups excluding carboxylic acids is 5. The fourth-order valence-corrected chi connectivity index (χ4v) is 4.83. The van der Waals surface area contributed by atoms with Crippen LogP contribution in [0.1, 0.15) is 56.9 Å². The van der Waals surface area contributed by atoms with Crippen molar-refractivity contribution in [1.29, 1.82) is 0 Å². The van der Waals surface area contributed by atoms with E-state index >= 15 is 0 Å². The molecule has 1 rings (SSSR count). The zero-order valence-corrected chi connectivity index (χ0v) is 27.5. The Balaban J connectivity index is 3.18. The van der Waals surface area contributed by atoms with Gasteiger partial charge in [-0.05, 0) is 44.1 Å². The van der Waals surface area contributed by atoms with Crippen LogP contribution in [0.4, 0.5) is 0 Å². The lowest BCUT2D eigenvalue weighted by molar-refractivity contribution is -0.144. The number of aliphatic hydroxyl groups excluding tert-OH is 1. The van der Waals surface area contributed by atoms with E-state index in [4.69, 9.17) is 34.4 Å². The lowest BCUT2D eigenvalue weighted by Crippen LogP contribution is -2.50. The van der Waals surface area contributed by atoms with Crippen LogP contribution in [0.2, 0.25) is 0 Å². The van der Waals surface area contributed by atoms with E-state index < -0.39 is 78.2 Å². The van der Waals surface area contributed by atoms with E-state index in [1.807, 2.05) is 0 Å². The van der Waals surface area contributed by atoms with Gasteiger partial charge in [0, 0.05) is 38.3 Å². The molecule has 1 unspecified atom stereocenters. The van der Waals surface area contributed by atoms with E-state index in [2.05, 4.69) is 20.6 Å². The Morgan fingerprint density at radius 1 is 0.714 bits per heavy atom. The summed E-state index contributed by atoms with van der Waals surface area (Å²) in [6.07, 6.45) is -0.307. The summed E-state index contributed by atoms with van der Waals surface area (Å²) in [6, 6.07) is 5.04. The normalized spacial score (nSPS) is 13.8. The Kier molecular flexibility index (Phi) is 19.2. The molecular formula is C31H50N10O8. The Morgan fingerprint density at radius 3 is 1.78 bits per heavy atom. The van der Waals surface area contributed by atoms with Gasteiger partial charge in [-0.3, -0.25) is 38.8 Å². The van der Waals surface area contributed by atoms with Crippen molar-refractivity contribution < 1.29 is 39.0 Å². The minimum atomic E-state index is -1.45. The number of carboxylic acids is 1. The number of amides is 3. The maximum Gasteiger partial charge on any atom is 0.306 e. The van der Waals surface area contributed by atoms with Crippen molar-refractivity contribution in [1.82, 2.24) is 10.6 Å². The fraction of sp³-hybridized carbons (Fsp3) is 0.548. The molecule has 0 aliphatic carbocycles. The smallest absolute Gasteiger partial charge is 0.306 e. The van der Waals surface area contributed by atoms with Gasteiger partial charge in [-0.25, -0.2) is 0 Å². The minimum absolute atomic E-state index is 0.0509. The summed E-state index contributed by atoms with van der Waals surface area (Å²) in [6.45, 7) is -0.510. The topological polar surface area (TPSA) is 348 Å². The van der Waals surface area contributed by atoms with Crippen molar-refractivity contribution in [3.05, 3.63) is 35.9 Å². The van der Waals surface area contributed by atoms with E-state index in [1.54, 1.807) is 30.3 Å². The first-order chi connectivity index (χ1) is 23.1. The zero-order valence-electron chi connectivity index (χ0n) is 27.5. The second-order valence-electron chi connectivity index (χ2n) is 11.6. The van der Waals surface area contributed by atoms with E-state index in [0.717, 1.165) is 0 Å². The third-order valence-corrected chi connectivity index (χ3v) is 7.52. The van der Waals surface area contributed by atoms with Crippen molar-refractivity contribution in [2.75, 3.05) is 19.7 Å². The van der Waals surface area contributed by atoms with E-state index in [1.165, 1.54) is 0 Å². The van der Waals surface area contributed by atoms with Crippen molar-refractivity contribution in [2.24, 2.45) is 56.2 Å². The summed E-state index contributed by atoms with van der Waals surface area (Å²) in [7, 11) is 0. The van der Waals surface area contributed by atoms with Crippen LogP contribution < -0.4 is 45.0 Å². The standard InChI is InChI=1S/C31H50N10O8/c32-21(10-11-26(33)45)28(47)40-22(9-5-13-39-31(36)37)24(43)16-20(14-18-6-2-1-3-7-18)27(46)41-23(17-42)25(44)15-19(29(48)49)8-4-12-38-30(34)35/h1-3,6-7,19-23,42H,4-5,8-17,32H2,(H2,33,45)(H,40,47)(H,41,46)(H,48,49)(H4,34,35,38)(H4,36,37,39)/t19-,20-,21?,22+,23+/m1/s1. The molecule has 18 nitrogen and oxygen atoms in total. The number of ketones is 2. The van der Waals surface area contributed by atoms with Crippen LogP contribution in [0.25, 0.3) is 0 Å². The molecule has 1 aromatic rings. The monoisotopic (exact) mass is 690 g/mol. The maximum atomic E-state index is 13.7. The third kappa shape index (κ3) is 17.6. The predicted octanol–water partition coefficient (Wildman–Crippen LogP) is -2.87. The molecule has 3 amide bonds. The largest absolute Gasteiger partial charge is 0.481 e. The van der Waals surface area contributed by atoms with Crippen molar-refractivity contribution in [3.8, 4) is 0 Å².